The first kappa shape index (κ1) is 12.0. The Hall–Kier alpha value is -1.10. The SMILES string of the molecule is COC1CCC2(CC1)C(N)=NC(=O)N2CC1CC1. The highest BCUT2D eigenvalue weighted by Crippen LogP contribution is 2.41. The third-order valence-electron chi connectivity index (χ3n) is 4.67. The molecule has 1 aliphatic heterocycles. The predicted molar refractivity (Wildman–Crippen MR) is 68.4 cm³/mol. The van der Waals surface area contributed by atoms with Gasteiger partial charge in [-0.05, 0) is 44.4 Å². The molecule has 2 saturated carbocycles. The van der Waals surface area contributed by atoms with E-state index in [4.69, 9.17) is 10.5 Å². The molecule has 5 heteroatoms. The summed E-state index contributed by atoms with van der Waals surface area (Å²) in [7, 11) is 1.75. The zero-order valence-electron chi connectivity index (χ0n) is 10.9. The van der Waals surface area contributed by atoms with E-state index in [0.29, 0.717) is 17.9 Å². The molecule has 0 aromatic carbocycles. The Morgan fingerprint density at radius 1 is 1.39 bits per heavy atom. The second-order valence-electron chi connectivity index (χ2n) is 5.80. The maximum Gasteiger partial charge on any atom is 0.346 e. The van der Waals surface area contributed by atoms with E-state index in [1.807, 2.05) is 4.90 Å². The number of urea groups is 1. The van der Waals surface area contributed by atoms with Gasteiger partial charge in [0.2, 0.25) is 0 Å². The van der Waals surface area contributed by atoms with Crippen molar-refractivity contribution in [3.63, 3.8) is 0 Å². The molecule has 1 spiro atoms. The van der Waals surface area contributed by atoms with Gasteiger partial charge in [-0.15, -0.1) is 0 Å². The third-order valence-corrected chi connectivity index (χ3v) is 4.67. The fourth-order valence-electron chi connectivity index (χ4n) is 3.23. The normalized spacial score (nSPS) is 36.3. The average Bonchev–Trinajstić information content (AvgIpc) is 3.16. The van der Waals surface area contributed by atoms with E-state index in [2.05, 4.69) is 4.99 Å². The Bertz CT molecular complexity index is 382. The zero-order valence-corrected chi connectivity index (χ0v) is 10.9. The van der Waals surface area contributed by atoms with E-state index in [9.17, 15) is 4.79 Å². The average molecular weight is 251 g/mol. The summed E-state index contributed by atoms with van der Waals surface area (Å²) in [5.41, 5.74) is 5.76. The van der Waals surface area contributed by atoms with Gasteiger partial charge < -0.3 is 15.4 Å². The van der Waals surface area contributed by atoms with Gasteiger partial charge in [0.05, 0.1) is 6.10 Å². The summed E-state index contributed by atoms with van der Waals surface area (Å²) in [5, 5.41) is 0. The lowest BCUT2D eigenvalue weighted by Crippen LogP contribution is -2.57. The Balaban J connectivity index is 1.78. The fraction of sp³-hybridized carbons (Fsp3) is 0.846. The summed E-state index contributed by atoms with van der Waals surface area (Å²) in [6.45, 7) is 0.834. The van der Waals surface area contributed by atoms with Crippen LogP contribution in [0.2, 0.25) is 0 Å². The number of nitrogens with zero attached hydrogens (tertiary/aromatic N) is 2. The quantitative estimate of drug-likeness (QED) is 0.826. The fourth-order valence-corrected chi connectivity index (χ4v) is 3.23. The molecule has 2 fully saturated rings. The van der Waals surface area contributed by atoms with Crippen LogP contribution in [0.1, 0.15) is 38.5 Å². The Kier molecular flexibility index (Phi) is 2.81. The molecule has 1 heterocycles. The van der Waals surface area contributed by atoms with Crippen LogP contribution < -0.4 is 5.73 Å². The summed E-state index contributed by atoms with van der Waals surface area (Å²) in [4.78, 5) is 18.0. The monoisotopic (exact) mass is 251 g/mol. The van der Waals surface area contributed by atoms with Gasteiger partial charge in [-0.2, -0.15) is 4.99 Å². The van der Waals surface area contributed by atoms with Crippen LogP contribution in [0.3, 0.4) is 0 Å². The highest BCUT2D eigenvalue weighted by molar-refractivity contribution is 6.05. The molecular formula is C13H21N3O2. The van der Waals surface area contributed by atoms with Crippen molar-refractivity contribution in [2.75, 3.05) is 13.7 Å². The van der Waals surface area contributed by atoms with Gasteiger partial charge in [-0.1, -0.05) is 0 Å². The lowest BCUT2D eigenvalue weighted by molar-refractivity contribution is 0.0333. The highest BCUT2D eigenvalue weighted by Gasteiger charge is 2.51. The van der Waals surface area contributed by atoms with Crippen molar-refractivity contribution in [3.05, 3.63) is 0 Å². The number of nitrogens with two attached hydrogens (primary N) is 1. The van der Waals surface area contributed by atoms with E-state index in [1.165, 1.54) is 12.8 Å². The molecule has 3 aliphatic rings. The van der Waals surface area contributed by atoms with E-state index >= 15 is 0 Å². The van der Waals surface area contributed by atoms with Crippen LogP contribution >= 0.6 is 0 Å². The molecule has 100 valence electrons. The van der Waals surface area contributed by atoms with Crippen LogP contribution in [0.5, 0.6) is 0 Å². The van der Waals surface area contributed by atoms with Crippen molar-refractivity contribution < 1.29 is 9.53 Å². The number of carbonyl (C=O) groups excluding carboxylic acids is 1. The summed E-state index contributed by atoms with van der Waals surface area (Å²) in [6.07, 6.45) is 6.48. The van der Waals surface area contributed by atoms with Gasteiger partial charge in [0.15, 0.2) is 0 Å². The first-order valence-corrected chi connectivity index (χ1v) is 6.85. The number of ether oxygens (including phenoxy) is 1. The molecule has 0 aromatic heterocycles. The summed E-state index contributed by atoms with van der Waals surface area (Å²) in [6, 6.07) is -0.129. The molecule has 0 aromatic rings. The van der Waals surface area contributed by atoms with Gasteiger partial charge in [-0.3, -0.25) is 0 Å². The van der Waals surface area contributed by atoms with E-state index in [0.717, 1.165) is 32.2 Å². The van der Waals surface area contributed by atoms with Crippen LogP contribution in [0.4, 0.5) is 4.79 Å². The number of methoxy groups -OCH3 is 1. The molecule has 18 heavy (non-hydrogen) atoms. The van der Waals surface area contributed by atoms with Crippen LogP contribution in [-0.2, 0) is 4.74 Å². The molecule has 5 nitrogen and oxygen atoms in total. The van der Waals surface area contributed by atoms with Crippen LogP contribution in [0, 0.1) is 5.92 Å². The molecule has 0 unspecified atom stereocenters. The second kappa shape index (κ2) is 4.23. The summed E-state index contributed by atoms with van der Waals surface area (Å²) >= 11 is 0. The molecule has 2 aliphatic carbocycles. The highest BCUT2D eigenvalue weighted by atomic mass is 16.5. The molecule has 0 bridgehead atoms. The number of amidine groups is 1. The largest absolute Gasteiger partial charge is 0.385 e. The topological polar surface area (TPSA) is 67.9 Å². The first-order valence-electron chi connectivity index (χ1n) is 6.85. The van der Waals surface area contributed by atoms with E-state index in [-0.39, 0.29) is 11.6 Å². The summed E-state index contributed by atoms with van der Waals surface area (Å²) in [5.74, 6) is 1.20. The molecule has 2 amide bonds. The van der Waals surface area contributed by atoms with Crippen LogP contribution in [-0.4, -0.2) is 42.1 Å². The number of carbonyl (C=O) groups is 1. The molecule has 0 saturated heterocycles. The van der Waals surface area contributed by atoms with Gasteiger partial charge >= 0.3 is 6.03 Å². The van der Waals surface area contributed by atoms with Crippen molar-refractivity contribution in [1.82, 2.24) is 4.90 Å². The van der Waals surface area contributed by atoms with Crippen molar-refractivity contribution >= 4 is 11.9 Å². The minimum Gasteiger partial charge on any atom is -0.385 e. The van der Waals surface area contributed by atoms with Gasteiger partial charge in [0.1, 0.15) is 11.4 Å². The molecule has 2 N–H and O–H groups in total. The number of amides is 2. The maximum absolute atomic E-state index is 12.0. The van der Waals surface area contributed by atoms with Crippen molar-refractivity contribution in [2.24, 2.45) is 16.6 Å². The smallest absolute Gasteiger partial charge is 0.346 e. The van der Waals surface area contributed by atoms with E-state index in [1.54, 1.807) is 7.11 Å². The van der Waals surface area contributed by atoms with Crippen molar-refractivity contribution in [2.45, 2.75) is 50.2 Å². The van der Waals surface area contributed by atoms with Crippen LogP contribution in [0.25, 0.3) is 0 Å². The second-order valence-corrected chi connectivity index (χ2v) is 5.80. The first-order chi connectivity index (χ1) is 8.65. The van der Waals surface area contributed by atoms with Gasteiger partial charge in [-0.25, -0.2) is 4.79 Å². The number of hydrogen-bond acceptors (Lipinski definition) is 3. The minimum atomic E-state index is -0.297. The number of aliphatic imine (C=N–C) groups is 1. The Morgan fingerprint density at radius 3 is 2.61 bits per heavy atom. The lowest BCUT2D eigenvalue weighted by atomic mass is 9.78. The third kappa shape index (κ3) is 1.81. The molecule has 0 atom stereocenters. The maximum atomic E-state index is 12.0. The van der Waals surface area contributed by atoms with E-state index < -0.39 is 0 Å². The molecule has 0 radical (unpaired) electrons. The Morgan fingerprint density at radius 2 is 2.06 bits per heavy atom. The van der Waals surface area contributed by atoms with Gasteiger partial charge in [0, 0.05) is 13.7 Å². The molecule has 3 rings (SSSR count). The number of rotatable bonds is 3. The van der Waals surface area contributed by atoms with Crippen molar-refractivity contribution in [3.8, 4) is 0 Å². The summed E-state index contributed by atoms with van der Waals surface area (Å²) < 4.78 is 5.40. The molecular weight excluding hydrogens is 230 g/mol. The predicted octanol–water partition coefficient (Wildman–Crippen LogP) is 1.52. The lowest BCUT2D eigenvalue weighted by Gasteiger charge is -2.42. The van der Waals surface area contributed by atoms with Crippen molar-refractivity contribution in [1.29, 1.82) is 0 Å². The Labute approximate surface area is 107 Å². The standard InChI is InChI=1S/C13H21N3O2/c1-18-10-4-6-13(7-5-10)11(14)15-12(17)16(13)8-9-2-3-9/h9-10H,2-8H2,1H3,(H2,14,15,17). The number of hydrogen-bond donors (Lipinski definition) is 1. The zero-order chi connectivity index (χ0) is 12.8. The van der Waals surface area contributed by atoms with Gasteiger partial charge in [0.25, 0.3) is 0 Å². The minimum absolute atomic E-state index is 0.129. The van der Waals surface area contributed by atoms with Crippen LogP contribution in [0.15, 0.2) is 4.99 Å².